The first-order valence-corrected chi connectivity index (χ1v) is 9.84. The summed E-state index contributed by atoms with van der Waals surface area (Å²) in [6.07, 6.45) is 6.30. The Balaban J connectivity index is 1.45. The maximum Gasteiger partial charge on any atom is 0.411 e. The molecule has 1 aromatic heterocycles. The number of fused-ring (bicyclic) bond motifs is 3. The van der Waals surface area contributed by atoms with E-state index < -0.39 is 0 Å². The van der Waals surface area contributed by atoms with E-state index in [-0.39, 0.29) is 18.2 Å². The summed E-state index contributed by atoms with van der Waals surface area (Å²) in [5.41, 5.74) is 1.93. The lowest BCUT2D eigenvalue weighted by molar-refractivity contribution is -0.0741. The number of pyridine rings is 1. The van der Waals surface area contributed by atoms with Gasteiger partial charge in [0.25, 0.3) is 0 Å². The van der Waals surface area contributed by atoms with Crippen LogP contribution in [0.25, 0.3) is 0 Å². The van der Waals surface area contributed by atoms with Gasteiger partial charge in [0, 0.05) is 28.5 Å². The third-order valence-corrected chi connectivity index (χ3v) is 5.92. The van der Waals surface area contributed by atoms with Crippen LogP contribution in [0, 0.1) is 5.92 Å². The van der Waals surface area contributed by atoms with Crippen molar-refractivity contribution in [2.45, 2.75) is 31.4 Å². The molecule has 3 aliphatic rings. The minimum atomic E-state index is -0.373. The monoisotopic (exact) mass is 415 g/mol. The van der Waals surface area contributed by atoms with Crippen LogP contribution in [0.2, 0.25) is 0 Å². The van der Waals surface area contributed by atoms with Crippen molar-refractivity contribution in [1.82, 2.24) is 9.88 Å². The second-order valence-electron chi connectivity index (χ2n) is 7.01. The Bertz CT molecular complexity index is 745. The summed E-state index contributed by atoms with van der Waals surface area (Å²) < 4.78 is 6.90. The highest BCUT2D eigenvalue weighted by molar-refractivity contribution is 9.10. The number of piperidine rings is 3. The number of amides is 1. The van der Waals surface area contributed by atoms with Crippen LogP contribution in [-0.2, 0) is 11.2 Å². The van der Waals surface area contributed by atoms with Gasteiger partial charge in [-0.1, -0.05) is 22.0 Å². The number of hydrogen-bond donors (Lipinski definition) is 1. The summed E-state index contributed by atoms with van der Waals surface area (Å²) >= 11 is 3.40. The minimum absolute atomic E-state index is 0.0758. The zero-order valence-electron chi connectivity index (χ0n) is 14.5. The first-order chi connectivity index (χ1) is 12.7. The molecule has 0 spiro atoms. The molecule has 0 saturated carbocycles. The molecule has 4 heterocycles. The average molecular weight is 416 g/mol. The van der Waals surface area contributed by atoms with Gasteiger partial charge in [-0.3, -0.25) is 15.2 Å². The molecule has 1 amide bonds. The van der Waals surface area contributed by atoms with Crippen LogP contribution < -0.4 is 5.32 Å². The predicted octanol–water partition coefficient (Wildman–Crippen LogP) is 4.10. The standard InChI is InChI=1S/C20H22BrN3O2/c21-16-3-5-17(6-4-16)23-20(25)26-19-15-7-10-24(11-8-15)18(19)12-14-2-1-9-22-13-14/h1-6,9,13,15,18-19H,7-8,10-12H2,(H,23,25)/t18-,19-/m0/s1. The largest absolute Gasteiger partial charge is 0.444 e. The van der Waals surface area contributed by atoms with E-state index >= 15 is 0 Å². The molecule has 3 aliphatic heterocycles. The number of ether oxygens (including phenoxy) is 1. The van der Waals surface area contributed by atoms with Crippen molar-refractivity contribution >= 4 is 27.7 Å². The molecule has 2 bridgehead atoms. The normalized spacial score (nSPS) is 27.1. The second kappa shape index (κ2) is 7.76. The number of nitrogens with zero attached hydrogens (tertiary/aromatic N) is 2. The number of carbonyl (C=O) groups excluding carboxylic acids is 1. The lowest BCUT2D eigenvalue weighted by atomic mass is 9.78. The second-order valence-corrected chi connectivity index (χ2v) is 7.92. The van der Waals surface area contributed by atoms with Crippen LogP contribution in [-0.4, -0.2) is 41.2 Å². The minimum Gasteiger partial charge on any atom is -0.444 e. The van der Waals surface area contributed by atoms with Gasteiger partial charge in [-0.05, 0) is 68.2 Å². The zero-order chi connectivity index (χ0) is 17.9. The molecular formula is C20H22BrN3O2. The summed E-state index contributed by atoms with van der Waals surface area (Å²) in [5.74, 6) is 0.442. The molecule has 6 heteroatoms. The number of anilines is 1. The molecule has 0 unspecified atom stereocenters. The van der Waals surface area contributed by atoms with Crippen molar-refractivity contribution in [3.8, 4) is 0 Å². The molecule has 1 aromatic carbocycles. The van der Waals surface area contributed by atoms with Crippen molar-refractivity contribution in [3.63, 3.8) is 0 Å². The number of aromatic nitrogens is 1. The topological polar surface area (TPSA) is 54.5 Å². The van der Waals surface area contributed by atoms with Crippen molar-refractivity contribution < 1.29 is 9.53 Å². The van der Waals surface area contributed by atoms with Gasteiger partial charge in [-0.2, -0.15) is 0 Å². The first-order valence-electron chi connectivity index (χ1n) is 9.05. The van der Waals surface area contributed by atoms with Crippen molar-refractivity contribution in [2.24, 2.45) is 5.92 Å². The van der Waals surface area contributed by atoms with E-state index in [1.165, 1.54) is 5.56 Å². The highest BCUT2D eigenvalue weighted by Gasteiger charge is 2.44. The van der Waals surface area contributed by atoms with Crippen molar-refractivity contribution in [1.29, 1.82) is 0 Å². The Labute approximate surface area is 161 Å². The van der Waals surface area contributed by atoms with E-state index in [1.54, 1.807) is 6.20 Å². The van der Waals surface area contributed by atoms with Crippen LogP contribution in [0.5, 0.6) is 0 Å². The van der Waals surface area contributed by atoms with Crippen LogP contribution in [0.3, 0.4) is 0 Å². The number of benzene rings is 1. The van der Waals surface area contributed by atoms with Crippen LogP contribution in [0.4, 0.5) is 10.5 Å². The van der Waals surface area contributed by atoms with Gasteiger partial charge < -0.3 is 4.74 Å². The lowest BCUT2D eigenvalue weighted by Gasteiger charge is -2.50. The summed E-state index contributed by atoms with van der Waals surface area (Å²) in [7, 11) is 0. The molecule has 0 aliphatic carbocycles. The molecule has 3 fully saturated rings. The Morgan fingerprint density at radius 2 is 2.00 bits per heavy atom. The summed E-state index contributed by atoms with van der Waals surface area (Å²) in [5, 5.41) is 2.85. The van der Waals surface area contributed by atoms with E-state index in [0.29, 0.717) is 5.92 Å². The van der Waals surface area contributed by atoms with Crippen molar-refractivity contribution in [3.05, 3.63) is 58.8 Å². The third kappa shape index (κ3) is 3.91. The number of rotatable bonds is 4. The Kier molecular flexibility index (Phi) is 5.22. The number of carbonyl (C=O) groups is 1. The third-order valence-electron chi connectivity index (χ3n) is 5.39. The van der Waals surface area contributed by atoms with Gasteiger partial charge in [0.05, 0.1) is 6.04 Å². The predicted molar refractivity (Wildman–Crippen MR) is 104 cm³/mol. The number of hydrogen-bond acceptors (Lipinski definition) is 4. The van der Waals surface area contributed by atoms with Gasteiger partial charge in [0.15, 0.2) is 0 Å². The van der Waals surface area contributed by atoms with Crippen molar-refractivity contribution in [2.75, 3.05) is 18.4 Å². The molecule has 1 N–H and O–H groups in total. The van der Waals surface area contributed by atoms with Gasteiger partial charge in [0.2, 0.25) is 0 Å². The molecule has 2 aromatic rings. The Hall–Kier alpha value is -1.92. The van der Waals surface area contributed by atoms with Gasteiger partial charge >= 0.3 is 6.09 Å². The molecular weight excluding hydrogens is 394 g/mol. The van der Waals surface area contributed by atoms with E-state index in [1.807, 2.05) is 36.5 Å². The van der Waals surface area contributed by atoms with Crippen LogP contribution in [0.15, 0.2) is 53.3 Å². The first kappa shape index (κ1) is 17.5. The molecule has 2 atom stereocenters. The fraction of sp³-hybridized carbons (Fsp3) is 0.400. The fourth-order valence-electron chi connectivity index (χ4n) is 4.09. The molecule has 3 saturated heterocycles. The SMILES string of the molecule is O=C(Nc1ccc(Br)cc1)O[C@H]1C2CCN(CC2)[C@H]1Cc1cccnc1. The smallest absolute Gasteiger partial charge is 0.411 e. The number of nitrogens with one attached hydrogen (secondary N) is 1. The highest BCUT2D eigenvalue weighted by atomic mass is 79.9. The quantitative estimate of drug-likeness (QED) is 0.816. The van der Waals surface area contributed by atoms with E-state index in [0.717, 1.165) is 42.5 Å². The maximum absolute atomic E-state index is 12.5. The molecule has 5 nitrogen and oxygen atoms in total. The van der Waals surface area contributed by atoms with E-state index in [4.69, 9.17) is 4.74 Å². The zero-order valence-corrected chi connectivity index (χ0v) is 16.1. The van der Waals surface area contributed by atoms with Gasteiger partial charge in [-0.15, -0.1) is 0 Å². The molecule has 26 heavy (non-hydrogen) atoms. The average Bonchev–Trinajstić information content (AvgIpc) is 2.67. The number of halogens is 1. The van der Waals surface area contributed by atoms with E-state index in [9.17, 15) is 4.79 Å². The molecule has 0 radical (unpaired) electrons. The molecule has 136 valence electrons. The maximum atomic E-state index is 12.5. The van der Waals surface area contributed by atoms with Gasteiger partial charge in [-0.25, -0.2) is 4.79 Å². The van der Waals surface area contributed by atoms with E-state index in [2.05, 4.69) is 37.2 Å². The Morgan fingerprint density at radius 3 is 2.69 bits per heavy atom. The van der Waals surface area contributed by atoms with Crippen LogP contribution >= 0.6 is 15.9 Å². The lowest BCUT2D eigenvalue weighted by Crippen LogP contribution is -2.60. The molecule has 5 rings (SSSR count). The highest BCUT2D eigenvalue weighted by Crippen LogP contribution is 2.36. The van der Waals surface area contributed by atoms with Crippen LogP contribution in [0.1, 0.15) is 18.4 Å². The summed E-state index contributed by atoms with van der Waals surface area (Å²) in [6.45, 7) is 2.17. The summed E-state index contributed by atoms with van der Waals surface area (Å²) in [6, 6.07) is 11.8. The fourth-order valence-corrected chi connectivity index (χ4v) is 4.35. The Morgan fingerprint density at radius 1 is 1.23 bits per heavy atom. The summed E-state index contributed by atoms with van der Waals surface area (Å²) in [4.78, 5) is 19.1. The van der Waals surface area contributed by atoms with Gasteiger partial charge in [0.1, 0.15) is 6.10 Å².